The Bertz CT molecular complexity index is 1310. The first-order valence-corrected chi connectivity index (χ1v) is 9.70. The summed E-state index contributed by atoms with van der Waals surface area (Å²) in [6.07, 6.45) is 1.78. The number of nitrogens with zero attached hydrogens (tertiary/aromatic N) is 1. The molecule has 0 aliphatic rings. The molecule has 0 bridgehead atoms. The van der Waals surface area contributed by atoms with Crippen LogP contribution in [0.2, 0.25) is 0 Å². The SMILES string of the molecule is COC(=O)c1ccn2c(C(=O)O)c(Cc3cccc(F)c3C)c(-c3ccccc3)c2c1. The second-order valence-electron chi connectivity index (χ2n) is 7.24. The molecule has 0 saturated carbocycles. The summed E-state index contributed by atoms with van der Waals surface area (Å²) in [4.78, 5) is 24.4. The Kier molecular flexibility index (Phi) is 5.29. The Morgan fingerprint density at radius 1 is 1.06 bits per heavy atom. The van der Waals surface area contributed by atoms with Crippen molar-refractivity contribution in [2.45, 2.75) is 13.3 Å². The molecule has 4 aromatic rings. The minimum atomic E-state index is -1.10. The van der Waals surface area contributed by atoms with E-state index < -0.39 is 11.9 Å². The lowest BCUT2D eigenvalue weighted by Crippen LogP contribution is -2.07. The molecule has 156 valence electrons. The molecule has 31 heavy (non-hydrogen) atoms. The molecule has 4 rings (SSSR count). The highest BCUT2D eigenvalue weighted by Crippen LogP contribution is 2.36. The Morgan fingerprint density at radius 2 is 1.81 bits per heavy atom. The van der Waals surface area contributed by atoms with Gasteiger partial charge in [-0.3, -0.25) is 0 Å². The van der Waals surface area contributed by atoms with Crippen LogP contribution >= 0.6 is 0 Å². The van der Waals surface area contributed by atoms with Crippen LogP contribution < -0.4 is 0 Å². The van der Waals surface area contributed by atoms with Crippen molar-refractivity contribution in [1.29, 1.82) is 0 Å². The normalized spacial score (nSPS) is 10.9. The van der Waals surface area contributed by atoms with Gasteiger partial charge in [-0.1, -0.05) is 42.5 Å². The predicted octanol–water partition coefficient (Wildman–Crippen LogP) is 5.13. The molecule has 0 fully saturated rings. The Balaban J connectivity index is 2.07. The zero-order valence-electron chi connectivity index (χ0n) is 17.1. The second kappa shape index (κ2) is 8.07. The third-order valence-corrected chi connectivity index (χ3v) is 5.47. The molecule has 0 unspecified atom stereocenters. The Morgan fingerprint density at radius 3 is 2.48 bits per heavy atom. The largest absolute Gasteiger partial charge is 0.477 e. The van der Waals surface area contributed by atoms with Crippen LogP contribution in [0.3, 0.4) is 0 Å². The molecule has 0 amide bonds. The average molecular weight is 417 g/mol. The summed E-state index contributed by atoms with van der Waals surface area (Å²) in [5.74, 6) is -1.96. The van der Waals surface area contributed by atoms with E-state index in [2.05, 4.69) is 0 Å². The second-order valence-corrected chi connectivity index (χ2v) is 7.24. The average Bonchev–Trinajstić information content (AvgIpc) is 3.10. The summed E-state index contributed by atoms with van der Waals surface area (Å²) >= 11 is 0. The van der Waals surface area contributed by atoms with E-state index in [4.69, 9.17) is 4.74 Å². The van der Waals surface area contributed by atoms with Gasteiger partial charge in [0.05, 0.1) is 18.2 Å². The number of fused-ring (bicyclic) bond motifs is 1. The Hall–Kier alpha value is -3.93. The van der Waals surface area contributed by atoms with Crippen LogP contribution in [0.25, 0.3) is 16.6 Å². The third kappa shape index (κ3) is 3.57. The lowest BCUT2D eigenvalue weighted by atomic mass is 9.93. The molecule has 0 atom stereocenters. The number of hydrogen-bond donors (Lipinski definition) is 1. The van der Waals surface area contributed by atoms with Crippen LogP contribution in [-0.2, 0) is 11.2 Å². The van der Waals surface area contributed by atoms with Gasteiger partial charge >= 0.3 is 11.9 Å². The van der Waals surface area contributed by atoms with Gasteiger partial charge in [0.2, 0.25) is 0 Å². The molecule has 6 heteroatoms. The monoisotopic (exact) mass is 417 g/mol. The van der Waals surface area contributed by atoms with Crippen LogP contribution in [-0.4, -0.2) is 28.6 Å². The fourth-order valence-corrected chi connectivity index (χ4v) is 3.92. The fourth-order valence-electron chi connectivity index (χ4n) is 3.92. The number of carboxylic acids is 1. The summed E-state index contributed by atoms with van der Waals surface area (Å²) < 4.78 is 20.6. The van der Waals surface area contributed by atoms with Gasteiger partial charge in [-0.25, -0.2) is 14.0 Å². The van der Waals surface area contributed by atoms with Crippen LogP contribution in [0.5, 0.6) is 0 Å². The summed E-state index contributed by atoms with van der Waals surface area (Å²) in [5, 5.41) is 10.1. The molecule has 5 nitrogen and oxygen atoms in total. The van der Waals surface area contributed by atoms with Gasteiger partial charge in [0, 0.05) is 18.2 Å². The quantitative estimate of drug-likeness (QED) is 0.457. The molecular formula is C25H20FNO4. The number of ether oxygens (including phenoxy) is 1. The van der Waals surface area contributed by atoms with Crippen molar-refractivity contribution in [3.05, 3.63) is 101 Å². The first kappa shape index (κ1) is 20.3. The van der Waals surface area contributed by atoms with Crippen molar-refractivity contribution in [3.8, 4) is 11.1 Å². The van der Waals surface area contributed by atoms with Crippen molar-refractivity contribution < 1.29 is 23.8 Å². The van der Waals surface area contributed by atoms with E-state index in [1.54, 1.807) is 35.7 Å². The molecule has 0 aliphatic heterocycles. The number of benzene rings is 2. The number of aromatic nitrogens is 1. The number of methoxy groups -OCH3 is 1. The molecule has 2 aromatic heterocycles. The van der Waals surface area contributed by atoms with E-state index in [1.165, 1.54) is 19.2 Å². The van der Waals surface area contributed by atoms with Gasteiger partial charge in [0.1, 0.15) is 11.5 Å². The maximum absolute atomic E-state index is 14.2. The van der Waals surface area contributed by atoms with Crippen LogP contribution in [0.4, 0.5) is 4.39 Å². The maximum Gasteiger partial charge on any atom is 0.353 e. The molecule has 2 heterocycles. The first-order chi connectivity index (χ1) is 14.9. The summed E-state index contributed by atoms with van der Waals surface area (Å²) in [6, 6.07) is 17.3. The number of aromatic carboxylic acids is 1. The number of hydrogen-bond acceptors (Lipinski definition) is 3. The molecule has 0 saturated heterocycles. The Labute approximate surface area is 178 Å². The molecule has 0 spiro atoms. The molecule has 0 radical (unpaired) electrons. The minimum absolute atomic E-state index is 0.0777. The lowest BCUT2D eigenvalue weighted by Gasteiger charge is -2.10. The molecule has 0 aliphatic carbocycles. The van der Waals surface area contributed by atoms with Crippen LogP contribution in [0, 0.1) is 12.7 Å². The summed E-state index contributed by atoms with van der Waals surface area (Å²) in [7, 11) is 1.30. The highest BCUT2D eigenvalue weighted by molar-refractivity contribution is 6.00. The number of carbonyl (C=O) groups is 2. The number of esters is 1. The molecule has 1 N–H and O–H groups in total. The zero-order chi connectivity index (χ0) is 22.1. The van der Waals surface area contributed by atoms with Gasteiger partial charge in [0.25, 0.3) is 0 Å². The maximum atomic E-state index is 14.2. The van der Waals surface area contributed by atoms with Crippen molar-refractivity contribution in [2.24, 2.45) is 0 Å². The summed E-state index contributed by atoms with van der Waals surface area (Å²) in [5.41, 5.74) is 4.17. The van der Waals surface area contributed by atoms with Crippen molar-refractivity contribution in [2.75, 3.05) is 7.11 Å². The smallest absolute Gasteiger partial charge is 0.353 e. The molecular weight excluding hydrogens is 397 g/mol. The number of rotatable bonds is 5. The van der Waals surface area contributed by atoms with Crippen molar-refractivity contribution in [1.82, 2.24) is 4.40 Å². The van der Waals surface area contributed by atoms with Gasteiger partial charge in [-0.05, 0) is 47.4 Å². The van der Waals surface area contributed by atoms with Crippen LogP contribution in [0.15, 0.2) is 66.9 Å². The highest BCUT2D eigenvalue weighted by atomic mass is 19.1. The predicted molar refractivity (Wildman–Crippen MR) is 115 cm³/mol. The van der Waals surface area contributed by atoms with E-state index in [0.29, 0.717) is 33.3 Å². The number of halogens is 1. The fraction of sp³-hybridized carbons (Fsp3) is 0.120. The van der Waals surface area contributed by atoms with Crippen LogP contribution in [0.1, 0.15) is 37.5 Å². The van der Waals surface area contributed by atoms with Gasteiger partial charge in [-0.2, -0.15) is 0 Å². The highest BCUT2D eigenvalue weighted by Gasteiger charge is 2.25. The summed E-state index contributed by atoms with van der Waals surface area (Å²) in [6.45, 7) is 1.68. The van der Waals surface area contributed by atoms with E-state index in [9.17, 15) is 19.1 Å². The van der Waals surface area contributed by atoms with Gasteiger partial charge in [0.15, 0.2) is 0 Å². The number of carbonyl (C=O) groups excluding carboxylic acids is 1. The topological polar surface area (TPSA) is 68.0 Å². The lowest BCUT2D eigenvalue weighted by molar-refractivity contribution is 0.0600. The third-order valence-electron chi connectivity index (χ3n) is 5.47. The molecule has 2 aromatic carbocycles. The van der Waals surface area contributed by atoms with Crippen molar-refractivity contribution >= 4 is 17.5 Å². The van der Waals surface area contributed by atoms with Crippen molar-refractivity contribution in [3.63, 3.8) is 0 Å². The number of pyridine rings is 1. The zero-order valence-corrected chi connectivity index (χ0v) is 17.1. The van der Waals surface area contributed by atoms with E-state index in [-0.39, 0.29) is 17.9 Å². The number of carboxylic acid groups (broad SMARTS) is 1. The first-order valence-electron chi connectivity index (χ1n) is 9.70. The minimum Gasteiger partial charge on any atom is -0.477 e. The van der Waals surface area contributed by atoms with Gasteiger partial charge < -0.3 is 14.2 Å². The van der Waals surface area contributed by atoms with Gasteiger partial charge in [-0.15, -0.1) is 0 Å². The van der Waals surface area contributed by atoms with E-state index >= 15 is 0 Å². The van der Waals surface area contributed by atoms with E-state index in [0.717, 1.165) is 5.56 Å². The van der Waals surface area contributed by atoms with E-state index in [1.807, 2.05) is 30.3 Å². The standard InChI is InChI=1S/C25H20FNO4/c1-15-17(9-6-10-20(15)26)13-19-22(16-7-4-3-5-8-16)21-14-18(25(30)31-2)11-12-27(21)23(19)24(28)29/h3-12,14H,13H2,1-2H3,(H,28,29).